The molecule has 104 valence electrons. The minimum absolute atomic E-state index is 0.151. The van der Waals surface area contributed by atoms with Gasteiger partial charge in [-0.15, -0.1) is 0 Å². The van der Waals surface area contributed by atoms with Crippen molar-refractivity contribution in [1.82, 2.24) is 4.90 Å². The summed E-state index contributed by atoms with van der Waals surface area (Å²) in [7, 11) is 1.61. The summed E-state index contributed by atoms with van der Waals surface area (Å²) in [6.45, 7) is 6.00. The molecule has 0 radical (unpaired) electrons. The Labute approximate surface area is 115 Å². The standard InChI is InChI=1S/C16H23NO2/c1-12-7-6-10-17(13(12)2)11-15(18)14-8-4-5-9-16(14)19-3/h4-5,8-9,12-13H,6-7,10-11H2,1-3H3. The zero-order chi connectivity index (χ0) is 13.8. The lowest BCUT2D eigenvalue weighted by Gasteiger charge is -2.37. The first kappa shape index (κ1) is 14.1. The number of piperidine rings is 1. The van der Waals surface area contributed by atoms with Crippen LogP contribution in [0, 0.1) is 5.92 Å². The number of benzene rings is 1. The van der Waals surface area contributed by atoms with Crippen LogP contribution in [0.5, 0.6) is 5.75 Å². The largest absolute Gasteiger partial charge is 0.496 e. The Morgan fingerprint density at radius 3 is 2.84 bits per heavy atom. The van der Waals surface area contributed by atoms with Crippen LogP contribution >= 0.6 is 0 Å². The molecule has 0 aliphatic carbocycles. The van der Waals surface area contributed by atoms with E-state index in [9.17, 15) is 4.79 Å². The number of ether oxygens (including phenoxy) is 1. The molecule has 2 rings (SSSR count). The molecule has 1 aromatic rings. The number of likely N-dealkylation sites (tertiary alicyclic amines) is 1. The normalized spacial score (nSPS) is 24.2. The molecule has 1 saturated heterocycles. The van der Waals surface area contributed by atoms with Crippen molar-refractivity contribution < 1.29 is 9.53 Å². The van der Waals surface area contributed by atoms with Gasteiger partial charge in [0, 0.05) is 6.04 Å². The lowest BCUT2D eigenvalue weighted by molar-refractivity contribution is 0.0777. The monoisotopic (exact) mass is 261 g/mol. The molecule has 0 amide bonds. The molecular formula is C16H23NO2. The third kappa shape index (κ3) is 3.16. The smallest absolute Gasteiger partial charge is 0.180 e. The van der Waals surface area contributed by atoms with Gasteiger partial charge in [-0.3, -0.25) is 9.69 Å². The molecule has 19 heavy (non-hydrogen) atoms. The van der Waals surface area contributed by atoms with E-state index in [2.05, 4.69) is 18.7 Å². The van der Waals surface area contributed by atoms with Crippen molar-refractivity contribution >= 4 is 5.78 Å². The lowest BCUT2D eigenvalue weighted by atomic mass is 9.91. The molecule has 1 aliphatic rings. The van der Waals surface area contributed by atoms with Crippen molar-refractivity contribution in [3.63, 3.8) is 0 Å². The van der Waals surface area contributed by atoms with Crippen LogP contribution in [0.4, 0.5) is 0 Å². The summed E-state index contributed by atoms with van der Waals surface area (Å²) in [5.74, 6) is 1.49. The fourth-order valence-electron chi connectivity index (χ4n) is 2.79. The Balaban J connectivity index is 2.08. The van der Waals surface area contributed by atoms with Crippen LogP contribution in [0.3, 0.4) is 0 Å². The Hall–Kier alpha value is -1.35. The third-order valence-electron chi connectivity index (χ3n) is 4.26. The SMILES string of the molecule is COc1ccccc1C(=O)CN1CCCC(C)C1C. The van der Waals surface area contributed by atoms with E-state index in [4.69, 9.17) is 4.74 Å². The first-order chi connectivity index (χ1) is 9.13. The zero-order valence-corrected chi connectivity index (χ0v) is 12.1. The molecule has 2 unspecified atom stereocenters. The second kappa shape index (κ2) is 6.20. The number of carbonyl (C=O) groups is 1. The van der Waals surface area contributed by atoms with E-state index >= 15 is 0 Å². The van der Waals surface area contributed by atoms with Gasteiger partial charge in [0.05, 0.1) is 19.2 Å². The molecule has 1 heterocycles. The quantitative estimate of drug-likeness (QED) is 0.780. The zero-order valence-electron chi connectivity index (χ0n) is 12.1. The van der Waals surface area contributed by atoms with E-state index in [1.165, 1.54) is 12.8 Å². The number of hydrogen-bond acceptors (Lipinski definition) is 3. The molecule has 3 heteroatoms. The third-order valence-corrected chi connectivity index (χ3v) is 4.26. The molecule has 1 aliphatic heterocycles. The predicted molar refractivity (Wildman–Crippen MR) is 76.8 cm³/mol. The molecule has 0 spiro atoms. The maximum absolute atomic E-state index is 12.4. The highest BCUT2D eigenvalue weighted by Crippen LogP contribution is 2.24. The van der Waals surface area contributed by atoms with Crippen LogP contribution in [0.2, 0.25) is 0 Å². The number of para-hydroxylation sites is 1. The number of ketones is 1. The summed E-state index contributed by atoms with van der Waals surface area (Å²) >= 11 is 0. The summed E-state index contributed by atoms with van der Waals surface area (Å²) in [4.78, 5) is 14.7. The van der Waals surface area contributed by atoms with Crippen LogP contribution in [-0.4, -0.2) is 36.9 Å². The number of carbonyl (C=O) groups excluding carboxylic acids is 1. The molecule has 3 nitrogen and oxygen atoms in total. The van der Waals surface area contributed by atoms with Crippen molar-refractivity contribution in [2.45, 2.75) is 32.7 Å². The number of rotatable bonds is 4. The summed E-state index contributed by atoms with van der Waals surface area (Å²) < 4.78 is 5.26. The van der Waals surface area contributed by atoms with E-state index in [1.54, 1.807) is 7.11 Å². The minimum atomic E-state index is 0.151. The van der Waals surface area contributed by atoms with Crippen LogP contribution in [-0.2, 0) is 0 Å². The second-order valence-corrected chi connectivity index (χ2v) is 5.45. The van der Waals surface area contributed by atoms with Gasteiger partial charge in [0.2, 0.25) is 0 Å². The molecule has 0 saturated carbocycles. The first-order valence-electron chi connectivity index (χ1n) is 7.03. The van der Waals surface area contributed by atoms with Crippen LogP contribution in [0.15, 0.2) is 24.3 Å². The van der Waals surface area contributed by atoms with E-state index in [-0.39, 0.29) is 5.78 Å². The number of nitrogens with zero attached hydrogens (tertiary/aromatic N) is 1. The van der Waals surface area contributed by atoms with Gasteiger partial charge in [-0.2, -0.15) is 0 Å². The minimum Gasteiger partial charge on any atom is -0.496 e. The number of methoxy groups -OCH3 is 1. The Morgan fingerprint density at radius 1 is 1.37 bits per heavy atom. The number of Topliss-reactive ketones (excluding diaryl/α,β-unsaturated/α-hetero) is 1. The van der Waals surface area contributed by atoms with Gasteiger partial charge in [-0.05, 0) is 44.4 Å². The molecule has 2 atom stereocenters. The van der Waals surface area contributed by atoms with Gasteiger partial charge in [-0.1, -0.05) is 19.1 Å². The Morgan fingerprint density at radius 2 is 2.11 bits per heavy atom. The molecule has 1 fully saturated rings. The maximum Gasteiger partial charge on any atom is 0.180 e. The topological polar surface area (TPSA) is 29.5 Å². The maximum atomic E-state index is 12.4. The van der Waals surface area contributed by atoms with Gasteiger partial charge < -0.3 is 4.74 Å². The molecule has 1 aromatic carbocycles. The molecule has 0 aromatic heterocycles. The van der Waals surface area contributed by atoms with E-state index in [0.717, 1.165) is 6.54 Å². The second-order valence-electron chi connectivity index (χ2n) is 5.45. The van der Waals surface area contributed by atoms with Crippen molar-refractivity contribution in [2.24, 2.45) is 5.92 Å². The van der Waals surface area contributed by atoms with Crippen LogP contribution < -0.4 is 4.74 Å². The highest BCUT2D eigenvalue weighted by atomic mass is 16.5. The Kier molecular flexibility index (Phi) is 4.59. The van der Waals surface area contributed by atoms with E-state index < -0.39 is 0 Å². The van der Waals surface area contributed by atoms with Crippen molar-refractivity contribution in [3.8, 4) is 5.75 Å². The predicted octanol–water partition coefficient (Wildman–Crippen LogP) is 3.00. The van der Waals surface area contributed by atoms with E-state index in [1.807, 2.05) is 24.3 Å². The number of hydrogen-bond donors (Lipinski definition) is 0. The van der Waals surface area contributed by atoms with Crippen LogP contribution in [0.25, 0.3) is 0 Å². The molecule has 0 bridgehead atoms. The highest BCUT2D eigenvalue weighted by Gasteiger charge is 2.26. The summed E-state index contributed by atoms with van der Waals surface area (Å²) in [5.41, 5.74) is 0.690. The van der Waals surface area contributed by atoms with Gasteiger partial charge >= 0.3 is 0 Å². The van der Waals surface area contributed by atoms with Gasteiger partial charge in [0.15, 0.2) is 5.78 Å². The van der Waals surface area contributed by atoms with Crippen molar-refractivity contribution in [2.75, 3.05) is 20.2 Å². The molecular weight excluding hydrogens is 238 g/mol. The lowest BCUT2D eigenvalue weighted by Crippen LogP contribution is -2.44. The Bertz CT molecular complexity index is 444. The fraction of sp³-hybridized carbons (Fsp3) is 0.562. The van der Waals surface area contributed by atoms with Crippen molar-refractivity contribution in [1.29, 1.82) is 0 Å². The van der Waals surface area contributed by atoms with Crippen LogP contribution in [0.1, 0.15) is 37.0 Å². The average Bonchev–Trinajstić information content (AvgIpc) is 2.43. The van der Waals surface area contributed by atoms with Gasteiger partial charge in [0.25, 0.3) is 0 Å². The fourth-order valence-corrected chi connectivity index (χ4v) is 2.79. The highest BCUT2D eigenvalue weighted by molar-refractivity contribution is 6.00. The van der Waals surface area contributed by atoms with E-state index in [0.29, 0.717) is 29.8 Å². The van der Waals surface area contributed by atoms with Gasteiger partial charge in [0.1, 0.15) is 5.75 Å². The summed E-state index contributed by atoms with van der Waals surface area (Å²) in [5, 5.41) is 0. The summed E-state index contributed by atoms with van der Waals surface area (Å²) in [6.07, 6.45) is 2.45. The van der Waals surface area contributed by atoms with Gasteiger partial charge in [-0.25, -0.2) is 0 Å². The molecule has 0 N–H and O–H groups in total. The summed E-state index contributed by atoms with van der Waals surface area (Å²) in [6, 6.07) is 7.95. The van der Waals surface area contributed by atoms with Crippen molar-refractivity contribution in [3.05, 3.63) is 29.8 Å². The average molecular weight is 261 g/mol. The first-order valence-corrected chi connectivity index (χ1v) is 7.03.